The molecule has 0 aliphatic rings. The van der Waals surface area contributed by atoms with Gasteiger partial charge in [-0.25, -0.2) is 8.42 Å². The van der Waals surface area contributed by atoms with Gasteiger partial charge in [0.05, 0.1) is 12.1 Å². The van der Waals surface area contributed by atoms with Crippen LogP contribution in [0.2, 0.25) is 0 Å². The van der Waals surface area contributed by atoms with Crippen molar-refractivity contribution in [3.05, 3.63) is 23.2 Å². The average Bonchev–Trinajstić information content (AvgIpc) is 2.79. The topological polar surface area (TPSA) is 62.8 Å². The lowest BCUT2D eigenvalue weighted by molar-refractivity contribution is -0.127. The van der Waals surface area contributed by atoms with Gasteiger partial charge in [-0.1, -0.05) is 0 Å². The number of rotatable bonds is 3. The van der Waals surface area contributed by atoms with Gasteiger partial charge < -0.3 is 0 Å². The molecule has 1 N–H and O–H groups in total. The maximum absolute atomic E-state index is 12.2. The third kappa shape index (κ3) is 3.48. The van der Waals surface area contributed by atoms with E-state index in [4.69, 9.17) is 10.7 Å². The van der Waals surface area contributed by atoms with Crippen LogP contribution in [0.1, 0.15) is 5.69 Å². The molecule has 0 aromatic carbocycles. The maximum Gasteiger partial charge on any atom is 0.394 e. The number of halogens is 4. The standard InChI is InChI=1S/C9H6ClF3N2O2S2/c10-19(16,17)8-6(1-2-18-8)7-3-5(14-15-7)4-9(11,12)13/h1-3H,4H2,(H,14,15). The largest absolute Gasteiger partial charge is 0.394 e. The Hall–Kier alpha value is -1.06. The number of hydrogen-bond acceptors (Lipinski definition) is 4. The number of thiophene rings is 1. The van der Waals surface area contributed by atoms with Gasteiger partial charge in [0.1, 0.15) is 4.21 Å². The van der Waals surface area contributed by atoms with Gasteiger partial charge in [0.25, 0.3) is 9.05 Å². The van der Waals surface area contributed by atoms with Crippen LogP contribution in [0.3, 0.4) is 0 Å². The Morgan fingerprint density at radius 3 is 2.68 bits per heavy atom. The van der Waals surface area contributed by atoms with E-state index in [1.165, 1.54) is 11.4 Å². The Kier molecular flexibility index (Phi) is 3.63. The summed E-state index contributed by atoms with van der Waals surface area (Å²) in [6.07, 6.45) is -5.52. The van der Waals surface area contributed by atoms with E-state index < -0.39 is 21.6 Å². The fraction of sp³-hybridized carbons (Fsp3) is 0.222. The second kappa shape index (κ2) is 4.80. The predicted molar refractivity (Wildman–Crippen MR) is 64.7 cm³/mol. The molecule has 2 rings (SSSR count). The molecule has 2 heterocycles. The zero-order valence-electron chi connectivity index (χ0n) is 9.03. The highest BCUT2D eigenvalue weighted by atomic mass is 35.7. The molecule has 0 saturated heterocycles. The molecule has 0 atom stereocenters. The van der Waals surface area contributed by atoms with Gasteiger partial charge in [-0.15, -0.1) is 11.3 Å². The minimum absolute atomic E-state index is 0.111. The Labute approximate surface area is 114 Å². The molecule has 0 bridgehead atoms. The van der Waals surface area contributed by atoms with Crippen LogP contribution in [0.4, 0.5) is 13.2 Å². The lowest BCUT2D eigenvalue weighted by Crippen LogP contribution is -2.11. The fourth-order valence-electron chi connectivity index (χ4n) is 1.48. The van der Waals surface area contributed by atoms with Crippen molar-refractivity contribution in [2.75, 3.05) is 0 Å². The highest BCUT2D eigenvalue weighted by Gasteiger charge is 2.29. The minimum atomic E-state index is -4.36. The van der Waals surface area contributed by atoms with Gasteiger partial charge >= 0.3 is 6.18 Å². The molecular formula is C9H6ClF3N2O2S2. The molecule has 19 heavy (non-hydrogen) atoms. The Morgan fingerprint density at radius 2 is 2.11 bits per heavy atom. The van der Waals surface area contributed by atoms with Crippen LogP contribution < -0.4 is 0 Å². The maximum atomic E-state index is 12.2. The van der Waals surface area contributed by atoms with Crippen molar-refractivity contribution in [2.24, 2.45) is 0 Å². The Bertz CT molecular complexity index is 690. The molecule has 0 radical (unpaired) electrons. The summed E-state index contributed by atoms with van der Waals surface area (Å²) in [6, 6.07) is 2.59. The van der Waals surface area contributed by atoms with Crippen LogP contribution in [-0.4, -0.2) is 24.8 Å². The monoisotopic (exact) mass is 330 g/mol. The number of nitrogens with zero attached hydrogens (tertiary/aromatic N) is 1. The van der Waals surface area contributed by atoms with Crippen LogP contribution in [0, 0.1) is 0 Å². The van der Waals surface area contributed by atoms with E-state index >= 15 is 0 Å². The molecule has 0 aliphatic carbocycles. The number of aromatic amines is 1. The summed E-state index contributed by atoms with van der Waals surface area (Å²) in [7, 11) is 1.28. The predicted octanol–water partition coefficient (Wildman–Crippen LogP) is 3.17. The fourth-order valence-corrected chi connectivity index (χ4v) is 3.75. The van der Waals surface area contributed by atoms with E-state index in [-0.39, 0.29) is 21.2 Å². The van der Waals surface area contributed by atoms with Crippen LogP contribution in [-0.2, 0) is 15.5 Å². The summed E-state index contributed by atoms with van der Waals surface area (Å²) in [6.45, 7) is 0. The normalized spacial score (nSPS) is 12.8. The van der Waals surface area contributed by atoms with E-state index in [1.807, 2.05) is 0 Å². The minimum Gasteiger partial charge on any atom is -0.282 e. The Balaban J connectivity index is 2.37. The highest BCUT2D eigenvalue weighted by molar-refractivity contribution is 8.15. The van der Waals surface area contributed by atoms with Crippen molar-refractivity contribution in [1.82, 2.24) is 10.2 Å². The zero-order chi connectivity index (χ0) is 14.3. The second-order valence-electron chi connectivity index (χ2n) is 3.63. The van der Waals surface area contributed by atoms with Gasteiger partial charge in [-0.05, 0) is 17.5 Å². The van der Waals surface area contributed by atoms with Crippen molar-refractivity contribution in [2.45, 2.75) is 16.8 Å². The van der Waals surface area contributed by atoms with E-state index in [0.29, 0.717) is 0 Å². The first-order chi connectivity index (χ1) is 8.67. The first kappa shape index (κ1) is 14.4. The number of hydrogen-bond donors (Lipinski definition) is 1. The summed E-state index contributed by atoms with van der Waals surface area (Å²) in [5, 5.41) is 7.38. The summed E-state index contributed by atoms with van der Waals surface area (Å²) in [5.41, 5.74) is 0.149. The molecule has 4 nitrogen and oxygen atoms in total. The van der Waals surface area contributed by atoms with Crippen LogP contribution in [0.25, 0.3) is 11.3 Å². The molecule has 0 unspecified atom stereocenters. The second-order valence-corrected chi connectivity index (χ2v) is 7.31. The van der Waals surface area contributed by atoms with E-state index in [2.05, 4.69) is 10.2 Å². The van der Waals surface area contributed by atoms with Gasteiger partial charge in [0.2, 0.25) is 0 Å². The third-order valence-electron chi connectivity index (χ3n) is 2.15. The van der Waals surface area contributed by atoms with Gasteiger partial charge in [-0.3, -0.25) is 5.10 Å². The SMILES string of the molecule is O=S(=O)(Cl)c1sccc1-c1cc(CC(F)(F)F)[nH]n1. The molecule has 2 aromatic heterocycles. The van der Waals surface area contributed by atoms with E-state index in [0.717, 1.165) is 17.4 Å². The zero-order valence-corrected chi connectivity index (χ0v) is 11.4. The van der Waals surface area contributed by atoms with Gasteiger partial charge in [0, 0.05) is 21.9 Å². The first-order valence-electron chi connectivity index (χ1n) is 4.80. The molecule has 0 amide bonds. The number of aromatic nitrogens is 2. The van der Waals surface area contributed by atoms with Gasteiger partial charge in [0.15, 0.2) is 0 Å². The number of nitrogens with one attached hydrogen (secondary N) is 1. The summed E-state index contributed by atoms with van der Waals surface area (Å²) in [5.74, 6) is 0. The van der Waals surface area contributed by atoms with Gasteiger partial charge in [-0.2, -0.15) is 18.3 Å². The molecule has 2 aromatic rings. The number of H-pyrrole nitrogens is 1. The summed E-state index contributed by atoms with van der Waals surface area (Å²) < 4.78 is 59.0. The third-order valence-corrected chi connectivity index (χ3v) is 5.20. The van der Waals surface area contributed by atoms with Crippen molar-refractivity contribution in [3.63, 3.8) is 0 Å². The van der Waals surface area contributed by atoms with Crippen molar-refractivity contribution >= 4 is 31.1 Å². The Morgan fingerprint density at radius 1 is 1.42 bits per heavy atom. The highest BCUT2D eigenvalue weighted by Crippen LogP contribution is 2.34. The number of alkyl halides is 3. The average molecular weight is 331 g/mol. The van der Waals surface area contributed by atoms with Crippen molar-refractivity contribution in [3.8, 4) is 11.3 Å². The quantitative estimate of drug-likeness (QED) is 0.879. The summed E-state index contributed by atoms with van der Waals surface area (Å²) >= 11 is 0.878. The molecule has 0 fully saturated rings. The first-order valence-corrected chi connectivity index (χ1v) is 7.99. The van der Waals surface area contributed by atoms with Crippen LogP contribution in [0.5, 0.6) is 0 Å². The molecule has 10 heteroatoms. The molecule has 0 spiro atoms. The van der Waals surface area contributed by atoms with E-state index in [1.54, 1.807) is 0 Å². The van der Waals surface area contributed by atoms with Crippen molar-refractivity contribution < 1.29 is 21.6 Å². The lowest BCUT2D eigenvalue weighted by Gasteiger charge is -2.02. The lowest BCUT2D eigenvalue weighted by atomic mass is 10.2. The van der Waals surface area contributed by atoms with Crippen LogP contribution >= 0.6 is 22.0 Å². The molecule has 0 aliphatic heterocycles. The van der Waals surface area contributed by atoms with Crippen molar-refractivity contribution in [1.29, 1.82) is 0 Å². The van der Waals surface area contributed by atoms with E-state index in [9.17, 15) is 21.6 Å². The van der Waals surface area contributed by atoms with Crippen LogP contribution in [0.15, 0.2) is 21.7 Å². The molecular weight excluding hydrogens is 325 g/mol. The smallest absolute Gasteiger partial charge is 0.282 e. The molecule has 104 valence electrons. The summed E-state index contributed by atoms with van der Waals surface area (Å²) in [4.78, 5) is 0. The molecule has 0 saturated carbocycles.